The molecule has 0 fully saturated rings. The molecule has 0 aromatic heterocycles. The lowest BCUT2D eigenvalue weighted by molar-refractivity contribution is 0.297. The molecule has 0 heterocycles. The number of hydrogen-bond acceptors (Lipinski definition) is 0. The van der Waals surface area contributed by atoms with E-state index >= 15 is 0 Å². The maximum absolute atomic E-state index is 2.47. The largest absolute Gasteiger partial charge is 0.0851 e. The molecule has 0 N–H and O–H groups in total. The second kappa shape index (κ2) is 4.11. The first-order chi connectivity index (χ1) is 5.75. The van der Waals surface area contributed by atoms with Crippen molar-refractivity contribution < 1.29 is 0 Å². The van der Waals surface area contributed by atoms with E-state index in [1.807, 2.05) is 0 Å². The van der Waals surface area contributed by atoms with Crippen LogP contribution in [-0.2, 0) is 0 Å². The molecule has 0 nitrogen and oxygen atoms in total. The molecule has 0 spiro atoms. The van der Waals surface area contributed by atoms with E-state index in [2.05, 4.69) is 26.8 Å². The van der Waals surface area contributed by atoms with Crippen molar-refractivity contribution in [2.75, 3.05) is 0 Å². The van der Waals surface area contributed by atoms with Gasteiger partial charge in [0.25, 0.3) is 0 Å². The summed E-state index contributed by atoms with van der Waals surface area (Å²) in [6, 6.07) is 0. The van der Waals surface area contributed by atoms with Crippen LogP contribution < -0.4 is 0 Å². The summed E-state index contributed by atoms with van der Waals surface area (Å²) < 4.78 is 0. The summed E-state index contributed by atoms with van der Waals surface area (Å²) in [6.45, 7) is 7.01. The predicted octanol–water partition coefficient (Wildman–Crippen LogP) is 4.31. The van der Waals surface area contributed by atoms with Gasteiger partial charge in [0.2, 0.25) is 0 Å². The molecule has 0 saturated heterocycles. The van der Waals surface area contributed by atoms with Crippen molar-refractivity contribution in [3.05, 3.63) is 11.6 Å². The van der Waals surface area contributed by atoms with Gasteiger partial charge in [0.15, 0.2) is 0 Å². The summed E-state index contributed by atoms with van der Waals surface area (Å²) in [7, 11) is 0. The van der Waals surface area contributed by atoms with E-state index in [1.165, 1.54) is 38.5 Å². The zero-order valence-corrected chi connectivity index (χ0v) is 8.82. The van der Waals surface area contributed by atoms with Gasteiger partial charge in [0.05, 0.1) is 0 Å². The fourth-order valence-corrected chi connectivity index (χ4v) is 2.50. The molecule has 0 radical (unpaired) electrons. The summed E-state index contributed by atoms with van der Waals surface area (Å²) in [4.78, 5) is 0. The number of allylic oxidation sites excluding steroid dienone is 2. The van der Waals surface area contributed by atoms with E-state index in [-0.39, 0.29) is 0 Å². The van der Waals surface area contributed by atoms with Crippen LogP contribution in [0.25, 0.3) is 0 Å². The first-order valence-electron chi connectivity index (χ1n) is 5.42. The van der Waals surface area contributed by atoms with Gasteiger partial charge in [-0.3, -0.25) is 0 Å². The SMILES string of the molecule is CCC1(CC)CCCCC=C1C. The lowest BCUT2D eigenvalue weighted by atomic mass is 9.73. The van der Waals surface area contributed by atoms with Gasteiger partial charge >= 0.3 is 0 Å². The fraction of sp³-hybridized carbons (Fsp3) is 0.833. The molecule has 1 aliphatic rings. The Hall–Kier alpha value is -0.260. The van der Waals surface area contributed by atoms with Gasteiger partial charge in [0, 0.05) is 0 Å². The maximum Gasteiger partial charge on any atom is -0.00961 e. The molecule has 1 rings (SSSR count). The Morgan fingerprint density at radius 1 is 1.25 bits per heavy atom. The van der Waals surface area contributed by atoms with E-state index in [0.717, 1.165) is 0 Å². The van der Waals surface area contributed by atoms with Crippen molar-refractivity contribution in [2.24, 2.45) is 5.41 Å². The van der Waals surface area contributed by atoms with Crippen LogP contribution in [-0.4, -0.2) is 0 Å². The molecule has 0 amide bonds. The van der Waals surface area contributed by atoms with Crippen LogP contribution in [0.15, 0.2) is 11.6 Å². The average molecular weight is 166 g/mol. The second-order valence-corrected chi connectivity index (χ2v) is 4.12. The lowest BCUT2D eigenvalue weighted by Crippen LogP contribution is -2.19. The van der Waals surface area contributed by atoms with E-state index in [0.29, 0.717) is 5.41 Å². The van der Waals surface area contributed by atoms with Crippen LogP contribution in [0.1, 0.15) is 59.3 Å². The lowest BCUT2D eigenvalue weighted by Gasteiger charge is -2.32. The van der Waals surface area contributed by atoms with Crippen LogP contribution >= 0.6 is 0 Å². The van der Waals surface area contributed by atoms with Crippen molar-refractivity contribution in [1.82, 2.24) is 0 Å². The van der Waals surface area contributed by atoms with E-state index in [9.17, 15) is 0 Å². The third-order valence-electron chi connectivity index (χ3n) is 3.75. The summed E-state index contributed by atoms with van der Waals surface area (Å²) in [5.74, 6) is 0. The monoisotopic (exact) mass is 166 g/mol. The topological polar surface area (TPSA) is 0 Å². The van der Waals surface area contributed by atoms with E-state index < -0.39 is 0 Å². The minimum absolute atomic E-state index is 0.566. The molecule has 0 atom stereocenters. The highest BCUT2D eigenvalue weighted by Crippen LogP contribution is 2.41. The Morgan fingerprint density at radius 3 is 2.50 bits per heavy atom. The molecule has 0 saturated carbocycles. The molecule has 0 aromatic rings. The first kappa shape index (κ1) is 9.83. The van der Waals surface area contributed by atoms with Gasteiger partial charge in [-0.2, -0.15) is 0 Å². The van der Waals surface area contributed by atoms with E-state index in [1.54, 1.807) is 5.57 Å². The minimum Gasteiger partial charge on any atom is -0.0851 e. The van der Waals surface area contributed by atoms with Crippen molar-refractivity contribution in [3.63, 3.8) is 0 Å². The third kappa shape index (κ3) is 1.73. The highest BCUT2D eigenvalue weighted by molar-refractivity contribution is 5.13. The van der Waals surface area contributed by atoms with Crippen LogP contribution in [0.5, 0.6) is 0 Å². The van der Waals surface area contributed by atoms with Crippen molar-refractivity contribution in [2.45, 2.75) is 59.3 Å². The van der Waals surface area contributed by atoms with Crippen LogP contribution in [0.3, 0.4) is 0 Å². The Kier molecular flexibility index (Phi) is 3.37. The Morgan fingerprint density at radius 2 is 1.92 bits per heavy atom. The van der Waals surface area contributed by atoms with Crippen molar-refractivity contribution in [3.8, 4) is 0 Å². The number of rotatable bonds is 2. The standard InChI is InChI=1S/C12H22/c1-4-12(5-2)10-8-6-7-9-11(12)3/h9H,4-8,10H2,1-3H3. The number of hydrogen-bond donors (Lipinski definition) is 0. The maximum atomic E-state index is 2.47. The molecule has 70 valence electrons. The third-order valence-corrected chi connectivity index (χ3v) is 3.75. The molecule has 1 aliphatic carbocycles. The van der Waals surface area contributed by atoms with Gasteiger partial charge in [-0.25, -0.2) is 0 Å². The summed E-state index contributed by atoms with van der Waals surface area (Å²) >= 11 is 0. The highest BCUT2D eigenvalue weighted by Gasteiger charge is 2.28. The van der Waals surface area contributed by atoms with Gasteiger partial charge < -0.3 is 0 Å². The predicted molar refractivity (Wildman–Crippen MR) is 55.2 cm³/mol. The molecular weight excluding hydrogens is 144 g/mol. The average Bonchev–Trinajstić information content (AvgIpc) is 2.28. The molecule has 0 aliphatic heterocycles. The summed E-state index contributed by atoms with van der Waals surface area (Å²) in [5.41, 5.74) is 2.22. The summed E-state index contributed by atoms with van der Waals surface area (Å²) in [5, 5.41) is 0. The quantitative estimate of drug-likeness (QED) is 0.536. The Balaban J connectivity index is 2.81. The fourth-order valence-electron chi connectivity index (χ4n) is 2.50. The Labute approximate surface area is 77.1 Å². The molecule has 0 unspecified atom stereocenters. The van der Waals surface area contributed by atoms with Crippen molar-refractivity contribution >= 4 is 0 Å². The van der Waals surface area contributed by atoms with Gasteiger partial charge in [-0.1, -0.05) is 31.9 Å². The van der Waals surface area contributed by atoms with Crippen molar-refractivity contribution in [1.29, 1.82) is 0 Å². The first-order valence-corrected chi connectivity index (χ1v) is 5.42. The van der Waals surface area contributed by atoms with E-state index in [4.69, 9.17) is 0 Å². The zero-order valence-electron chi connectivity index (χ0n) is 8.82. The van der Waals surface area contributed by atoms with Crippen LogP contribution in [0.2, 0.25) is 0 Å². The van der Waals surface area contributed by atoms with Gasteiger partial charge in [-0.15, -0.1) is 0 Å². The van der Waals surface area contributed by atoms with Gasteiger partial charge in [-0.05, 0) is 44.4 Å². The normalized spacial score (nSPS) is 23.1. The molecule has 0 heteroatoms. The zero-order chi connectivity index (χ0) is 9.03. The minimum atomic E-state index is 0.566. The molecule has 12 heavy (non-hydrogen) atoms. The molecule has 0 bridgehead atoms. The summed E-state index contributed by atoms with van der Waals surface area (Å²) in [6.07, 6.45) is 10.7. The van der Waals surface area contributed by atoms with Crippen LogP contribution in [0, 0.1) is 5.41 Å². The Bertz CT molecular complexity index is 161. The highest BCUT2D eigenvalue weighted by atomic mass is 14.3. The molecular formula is C12H22. The molecule has 0 aromatic carbocycles. The smallest absolute Gasteiger partial charge is 0.00961 e. The second-order valence-electron chi connectivity index (χ2n) is 4.12. The van der Waals surface area contributed by atoms with Gasteiger partial charge in [0.1, 0.15) is 0 Å². The van der Waals surface area contributed by atoms with Crippen LogP contribution in [0.4, 0.5) is 0 Å².